The Kier molecular flexibility index (Phi) is 5.22. The van der Waals surface area contributed by atoms with Gasteiger partial charge in [-0.1, -0.05) is 20.8 Å². The van der Waals surface area contributed by atoms with Crippen molar-refractivity contribution >= 4 is 5.91 Å². The maximum Gasteiger partial charge on any atom is 0.249 e. The summed E-state index contributed by atoms with van der Waals surface area (Å²) in [5.41, 5.74) is 5.54. The Morgan fingerprint density at radius 3 is 2.69 bits per heavy atom. The van der Waals surface area contributed by atoms with Gasteiger partial charge in [-0.15, -0.1) is 0 Å². The van der Waals surface area contributed by atoms with Crippen LogP contribution in [0.25, 0.3) is 0 Å². The summed E-state index contributed by atoms with van der Waals surface area (Å²) >= 11 is 0. The van der Waals surface area contributed by atoms with E-state index in [9.17, 15) is 4.79 Å². The molecule has 16 heavy (non-hydrogen) atoms. The van der Waals surface area contributed by atoms with Gasteiger partial charge in [-0.05, 0) is 31.2 Å². The van der Waals surface area contributed by atoms with E-state index in [0.29, 0.717) is 25.0 Å². The molecule has 0 bridgehead atoms. The molecule has 4 nitrogen and oxygen atoms in total. The molecule has 3 unspecified atom stereocenters. The van der Waals surface area contributed by atoms with Gasteiger partial charge in [0.05, 0.1) is 0 Å². The highest BCUT2D eigenvalue weighted by molar-refractivity contribution is 5.81. The van der Waals surface area contributed by atoms with Crippen LogP contribution in [0, 0.1) is 11.8 Å². The molecule has 0 aromatic heterocycles. The molecule has 1 aliphatic rings. The van der Waals surface area contributed by atoms with Crippen molar-refractivity contribution in [3.8, 4) is 0 Å². The first kappa shape index (κ1) is 13.5. The van der Waals surface area contributed by atoms with Gasteiger partial charge < -0.3 is 15.8 Å². The molecule has 4 heteroatoms. The molecule has 0 spiro atoms. The first-order valence-corrected chi connectivity index (χ1v) is 6.18. The van der Waals surface area contributed by atoms with E-state index in [0.717, 1.165) is 12.8 Å². The van der Waals surface area contributed by atoms with E-state index in [1.807, 2.05) is 0 Å². The number of hydrogen-bond donors (Lipinski definition) is 2. The lowest BCUT2D eigenvalue weighted by molar-refractivity contribution is -0.132. The number of nitrogens with two attached hydrogens (primary N) is 1. The lowest BCUT2D eigenvalue weighted by atomic mass is 9.99. The summed E-state index contributed by atoms with van der Waals surface area (Å²) in [6.07, 6.45) is 1.53. The Bertz CT molecular complexity index is 231. The largest absolute Gasteiger partial charge is 0.368 e. The molecule has 3 atom stereocenters. The van der Waals surface area contributed by atoms with Crippen LogP contribution < -0.4 is 11.1 Å². The van der Waals surface area contributed by atoms with E-state index >= 15 is 0 Å². The fourth-order valence-corrected chi connectivity index (χ4v) is 2.05. The van der Waals surface area contributed by atoms with E-state index in [2.05, 4.69) is 26.1 Å². The van der Waals surface area contributed by atoms with Crippen LogP contribution in [0.4, 0.5) is 0 Å². The molecule has 0 aromatic carbocycles. The number of nitrogens with one attached hydrogen (secondary N) is 1. The molecule has 0 aliphatic carbocycles. The third kappa shape index (κ3) is 3.46. The van der Waals surface area contributed by atoms with Crippen LogP contribution in [0.15, 0.2) is 0 Å². The van der Waals surface area contributed by atoms with E-state index < -0.39 is 0 Å². The zero-order valence-corrected chi connectivity index (χ0v) is 10.5. The normalized spacial score (nSPS) is 27.1. The number of ether oxygens (including phenoxy) is 1. The molecule has 1 heterocycles. The van der Waals surface area contributed by atoms with Crippen LogP contribution in [0.2, 0.25) is 0 Å². The molecule has 1 aliphatic heterocycles. The van der Waals surface area contributed by atoms with E-state index in [1.165, 1.54) is 0 Å². The highest BCUT2D eigenvalue weighted by Crippen LogP contribution is 2.20. The molecule has 94 valence electrons. The van der Waals surface area contributed by atoms with E-state index in [-0.39, 0.29) is 18.1 Å². The maximum absolute atomic E-state index is 12.0. The van der Waals surface area contributed by atoms with Crippen molar-refractivity contribution in [2.75, 3.05) is 13.2 Å². The standard InChI is InChI=1S/C12H24N2O2/c1-8(2)10(4-6-13)14-12(15)11-9(3)5-7-16-11/h8-11H,4-7,13H2,1-3H3,(H,14,15). The summed E-state index contributed by atoms with van der Waals surface area (Å²) in [6.45, 7) is 7.55. The van der Waals surface area contributed by atoms with E-state index in [1.54, 1.807) is 0 Å². The van der Waals surface area contributed by atoms with Crippen molar-refractivity contribution < 1.29 is 9.53 Å². The summed E-state index contributed by atoms with van der Waals surface area (Å²) < 4.78 is 5.44. The van der Waals surface area contributed by atoms with Gasteiger partial charge in [-0.3, -0.25) is 4.79 Å². The Labute approximate surface area is 97.9 Å². The van der Waals surface area contributed by atoms with Gasteiger partial charge in [0.2, 0.25) is 5.91 Å². The number of hydrogen-bond acceptors (Lipinski definition) is 3. The predicted octanol–water partition coefficient (Wildman–Crippen LogP) is 0.901. The van der Waals surface area contributed by atoms with Crippen molar-refractivity contribution in [3.63, 3.8) is 0 Å². The highest BCUT2D eigenvalue weighted by atomic mass is 16.5. The monoisotopic (exact) mass is 228 g/mol. The third-order valence-corrected chi connectivity index (χ3v) is 3.26. The Morgan fingerprint density at radius 2 is 2.25 bits per heavy atom. The molecule has 1 rings (SSSR count). The van der Waals surface area contributed by atoms with Crippen molar-refractivity contribution in [3.05, 3.63) is 0 Å². The van der Waals surface area contributed by atoms with Gasteiger partial charge in [-0.25, -0.2) is 0 Å². The fraction of sp³-hybridized carbons (Fsp3) is 0.917. The van der Waals surface area contributed by atoms with Crippen molar-refractivity contribution in [2.24, 2.45) is 17.6 Å². The second kappa shape index (κ2) is 6.21. The van der Waals surface area contributed by atoms with Gasteiger partial charge in [0, 0.05) is 12.6 Å². The average Bonchev–Trinajstić information content (AvgIpc) is 2.63. The summed E-state index contributed by atoms with van der Waals surface area (Å²) in [5, 5.41) is 3.05. The second-order valence-corrected chi connectivity index (χ2v) is 4.99. The Balaban J connectivity index is 2.47. The van der Waals surface area contributed by atoms with Crippen LogP contribution in [-0.4, -0.2) is 31.2 Å². The van der Waals surface area contributed by atoms with Gasteiger partial charge in [-0.2, -0.15) is 0 Å². The Morgan fingerprint density at radius 1 is 1.56 bits per heavy atom. The second-order valence-electron chi connectivity index (χ2n) is 4.99. The summed E-state index contributed by atoms with van der Waals surface area (Å²) in [5.74, 6) is 0.757. The minimum Gasteiger partial charge on any atom is -0.368 e. The molecular weight excluding hydrogens is 204 g/mol. The zero-order chi connectivity index (χ0) is 12.1. The maximum atomic E-state index is 12.0. The van der Waals surface area contributed by atoms with E-state index in [4.69, 9.17) is 10.5 Å². The van der Waals surface area contributed by atoms with Crippen molar-refractivity contribution in [1.29, 1.82) is 0 Å². The number of carbonyl (C=O) groups excluding carboxylic acids is 1. The number of amides is 1. The third-order valence-electron chi connectivity index (χ3n) is 3.26. The SMILES string of the molecule is CC(C)C(CCN)NC(=O)C1OCCC1C. The average molecular weight is 228 g/mol. The first-order valence-electron chi connectivity index (χ1n) is 6.18. The summed E-state index contributed by atoms with van der Waals surface area (Å²) in [7, 11) is 0. The van der Waals surface area contributed by atoms with Crippen LogP contribution >= 0.6 is 0 Å². The van der Waals surface area contributed by atoms with Crippen molar-refractivity contribution in [1.82, 2.24) is 5.32 Å². The van der Waals surface area contributed by atoms with Crippen LogP contribution in [0.5, 0.6) is 0 Å². The smallest absolute Gasteiger partial charge is 0.249 e. The topological polar surface area (TPSA) is 64.3 Å². The van der Waals surface area contributed by atoms with Gasteiger partial charge in [0.1, 0.15) is 6.10 Å². The fourth-order valence-electron chi connectivity index (χ4n) is 2.05. The molecule has 1 saturated heterocycles. The van der Waals surface area contributed by atoms with Gasteiger partial charge >= 0.3 is 0 Å². The van der Waals surface area contributed by atoms with Crippen LogP contribution in [-0.2, 0) is 9.53 Å². The first-order chi connectivity index (χ1) is 7.56. The number of rotatable bonds is 5. The van der Waals surface area contributed by atoms with Crippen LogP contribution in [0.3, 0.4) is 0 Å². The zero-order valence-electron chi connectivity index (χ0n) is 10.5. The lowest BCUT2D eigenvalue weighted by Gasteiger charge is -2.24. The lowest BCUT2D eigenvalue weighted by Crippen LogP contribution is -2.46. The summed E-state index contributed by atoms with van der Waals surface area (Å²) in [4.78, 5) is 12.0. The molecule has 0 aromatic rings. The van der Waals surface area contributed by atoms with Gasteiger partial charge in [0.15, 0.2) is 0 Å². The summed E-state index contributed by atoms with van der Waals surface area (Å²) in [6, 6.07) is 0.161. The quantitative estimate of drug-likeness (QED) is 0.735. The molecule has 1 amide bonds. The van der Waals surface area contributed by atoms with Crippen LogP contribution in [0.1, 0.15) is 33.6 Å². The molecule has 0 radical (unpaired) electrons. The minimum absolute atomic E-state index is 0.0251. The van der Waals surface area contributed by atoms with Crippen molar-refractivity contribution in [2.45, 2.75) is 45.8 Å². The van der Waals surface area contributed by atoms with Gasteiger partial charge in [0.25, 0.3) is 0 Å². The molecule has 0 saturated carbocycles. The Hall–Kier alpha value is -0.610. The number of carbonyl (C=O) groups is 1. The minimum atomic E-state index is -0.265. The molecule has 3 N–H and O–H groups in total. The predicted molar refractivity (Wildman–Crippen MR) is 64.0 cm³/mol. The molecule has 1 fully saturated rings. The molecular formula is C12H24N2O2. The highest BCUT2D eigenvalue weighted by Gasteiger charge is 2.32.